The van der Waals surface area contributed by atoms with Crippen LogP contribution in [0.1, 0.15) is 27.2 Å². The predicted octanol–water partition coefficient (Wildman–Crippen LogP) is 1.66. The number of rotatable bonds is 6. The second-order valence-corrected chi connectivity index (χ2v) is 3.49. The van der Waals surface area contributed by atoms with E-state index in [1.54, 1.807) is 7.11 Å². The molecule has 11 heavy (non-hydrogen) atoms. The van der Waals surface area contributed by atoms with Gasteiger partial charge in [0.2, 0.25) is 0 Å². The van der Waals surface area contributed by atoms with Crippen molar-refractivity contribution in [2.24, 2.45) is 5.92 Å². The van der Waals surface area contributed by atoms with Crippen LogP contribution in [0.5, 0.6) is 0 Å². The van der Waals surface area contributed by atoms with Gasteiger partial charge in [0.25, 0.3) is 0 Å². The molecule has 2 heteroatoms. The minimum Gasteiger partial charge on any atom is -0.383 e. The first-order valence-electron chi connectivity index (χ1n) is 4.39. The summed E-state index contributed by atoms with van der Waals surface area (Å²) in [5.41, 5.74) is 0. The van der Waals surface area contributed by atoms with E-state index in [-0.39, 0.29) is 0 Å². The molecule has 0 saturated carbocycles. The monoisotopic (exact) mass is 159 g/mol. The van der Waals surface area contributed by atoms with Gasteiger partial charge in [0.05, 0.1) is 6.61 Å². The van der Waals surface area contributed by atoms with Gasteiger partial charge in [-0.3, -0.25) is 0 Å². The zero-order valence-electron chi connectivity index (χ0n) is 8.18. The van der Waals surface area contributed by atoms with E-state index in [1.165, 1.54) is 6.42 Å². The Kier molecular flexibility index (Phi) is 6.57. The van der Waals surface area contributed by atoms with E-state index >= 15 is 0 Å². The average Bonchev–Trinajstić information content (AvgIpc) is 1.87. The van der Waals surface area contributed by atoms with E-state index in [9.17, 15) is 0 Å². The third kappa shape index (κ3) is 7.82. The van der Waals surface area contributed by atoms with Crippen LogP contribution < -0.4 is 5.32 Å². The summed E-state index contributed by atoms with van der Waals surface area (Å²) in [6.07, 6.45) is 1.24. The molecular weight excluding hydrogens is 138 g/mol. The molecule has 1 atom stereocenters. The lowest BCUT2D eigenvalue weighted by atomic mass is 10.1. The van der Waals surface area contributed by atoms with Crippen molar-refractivity contribution in [1.82, 2.24) is 5.32 Å². The molecule has 0 aliphatic heterocycles. The van der Waals surface area contributed by atoms with Gasteiger partial charge < -0.3 is 10.1 Å². The Morgan fingerprint density at radius 1 is 1.27 bits per heavy atom. The van der Waals surface area contributed by atoms with Crippen LogP contribution in [-0.4, -0.2) is 26.3 Å². The van der Waals surface area contributed by atoms with E-state index in [0.29, 0.717) is 6.04 Å². The second-order valence-electron chi connectivity index (χ2n) is 3.49. The van der Waals surface area contributed by atoms with Crippen molar-refractivity contribution in [1.29, 1.82) is 0 Å². The summed E-state index contributed by atoms with van der Waals surface area (Å²) in [6, 6.07) is 0.485. The molecule has 0 aromatic rings. The highest BCUT2D eigenvalue weighted by molar-refractivity contribution is 4.59. The van der Waals surface area contributed by atoms with Crippen molar-refractivity contribution < 1.29 is 4.74 Å². The van der Waals surface area contributed by atoms with Crippen LogP contribution in [0.25, 0.3) is 0 Å². The Morgan fingerprint density at radius 3 is 2.36 bits per heavy atom. The van der Waals surface area contributed by atoms with Crippen LogP contribution in [0.4, 0.5) is 0 Å². The van der Waals surface area contributed by atoms with Gasteiger partial charge in [-0.1, -0.05) is 13.8 Å². The van der Waals surface area contributed by atoms with Crippen molar-refractivity contribution >= 4 is 0 Å². The summed E-state index contributed by atoms with van der Waals surface area (Å²) in [6.45, 7) is 8.52. The van der Waals surface area contributed by atoms with Crippen LogP contribution in [0, 0.1) is 5.92 Å². The van der Waals surface area contributed by atoms with Crippen molar-refractivity contribution in [3.63, 3.8) is 0 Å². The number of methoxy groups -OCH3 is 1. The van der Waals surface area contributed by atoms with Crippen molar-refractivity contribution in [3.05, 3.63) is 0 Å². The largest absolute Gasteiger partial charge is 0.383 e. The molecule has 0 aromatic heterocycles. The number of hydrogen-bond donors (Lipinski definition) is 1. The molecular formula is C9H21NO. The van der Waals surface area contributed by atoms with Crippen LogP contribution in [0.2, 0.25) is 0 Å². The minimum absolute atomic E-state index is 0.485. The van der Waals surface area contributed by atoms with Crippen LogP contribution >= 0.6 is 0 Å². The van der Waals surface area contributed by atoms with Crippen LogP contribution in [0.3, 0.4) is 0 Å². The zero-order valence-corrected chi connectivity index (χ0v) is 8.18. The average molecular weight is 159 g/mol. The highest BCUT2D eigenvalue weighted by Crippen LogP contribution is 1.96. The fourth-order valence-electron chi connectivity index (χ4n) is 0.927. The second kappa shape index (κ2) is 6.62. The predicted molar refractivity (Wildman–Crippen MR) is 48.8 cm³/mol. The van der Waals surface area contributed by atoms with Crippen LogP contribution in [-0.2, 0) is 4.74 Å². The van der Waals surface area contributed by atoms with E-state index in [1.807, 2.05) is 0 Å². The Hall–Kier alpha value is -0.0800. The van der Waals surface area contributed by atoms with Crippen LogP contribution in [0.15, 0.2) is 0 Å². The van der Waals surface area contributed by atoms with E-state index in [0.717, 1.165) is 19.1 Å². The molecule has 0 rings (SSSR count). The molecule has 0 saturated heterocycles. The number of hydrogen-bond acceptors (Lipinski definition) is 2. The molecule has 0 aliphatic carbocycles. The smallest absolute Gasteiger partial charge is 0.0613 e. The molecule has 0 amide bonds. The maximum atomic E-state index is 5.00. The van der Waals surface area contributed by atoms with Gasteiger partial charge in [-0.2, -0.15) is 0 Å². The SMILES string of the molecule is COC[C@H](C)NCCC(C)C. The number of ether oxygens (including phenoxy) is 1. The standard InChI is InChI=1S/C9H21NO/c1-8(2)5-6-10-9(3)7-11-4/h8-10H,5-7H2,1-4H3/t9-/m0/s1. The summed E-state index contributed by atoms with van der Waals surface area (Å²) >= 11 is 0. The maximum absolute atomic E-state index is 5.00. The summed E-state index contributed by atoms with van der Waals surface area (Å²) in [5.74, 6) is 0.789. The van der Waals surface area contributed by atoms with Gasteiger partial charge in [0.1, 0.15) is 0 Å². The fourth-order valence-corrected chi connectivity index (χ4v) is 0.927. The lowest BCUT2D eigenvalue weighted by molar-refractivity contribution is 0.171. The number of nitrogens with one attached hydrogen (secondary N) is 1. The normalized spacial score (nSPS) is 13.9. The molecule has 0 spiro atoms. The van der Waals surface area contributed by atoms with Crippen molar-refractivity contribution in [2.45, 2.75) is 33.2 Å². The molecule has 2 nitrogen and oxygen atoms in total. The van der Waals surface area contributed by atoms with Crippen molar-refractivity contribution in [2.75, 3.05) is 20.3 Å². The van der Waals surface area contributed by atoms with Gasteiger partial charge in [-0.25, -0.2) is 0 Å². The highest BCUT2D eigenvalue weighted by Gasteiger charge is 1.99. The van der Waals surface area contributed by atoms with Gasteiger partial charge >= 0.3 is 0 Å². The molecule has 0 bridgehead atoms. The van der Waals surface area contributed by atoms with E-state index in [4.69, 9.17) is 4.74 Å². The van der Waals surface area contributed by atoms with Crippen molar-refractivity contribution in [3.8, 4) is 0 Å². The highest BCUT2D eigenvalue weighted by atomic mass is 16.5. The first-order valence-corrected chi connectivity index (χ1v) is 4.39. The van der Waals surface area contributed by atoms with Gasteiger partial charge in [-0.15, -0.1) is 0 Å². The quantitative estimate of drug-likeness (QED) is 0.636. The Labute approximate surface area is 70.3 Å². The maximum Gasteiger partial charge on any atom is 0.0613 e. The summed E-state index contributed by atoms with van der Waals surface area (Å²) in [7, 11) is 1.74. The first-order chi connectivity index (χ1) is 5.16. The Bertz CT molecular complexity index is 83.6. The molecule has 0 heterocycles. The minimum atomic E-state index is 0.485. The fraction of sp³-hybridized carbons (Fsp3) is 1.00. The lowest BCUT2D eigenvalue weighted by Crippen LogP contribution is -2.31. The topological polar surface area (TPSA) is 21.3 Å². The summed E-state index contributed by atoms with van der Waals surface area (Å²) in [4.78, 5) is 0. The third-order valence-corrected chi connectivity index (χ3v) is 1.63. The molecule has 0 aliphatic rings. The van der Waals surface area contributed by atoms with Gasteiger partial charge in [0.15, 0.2) is 0 Å². The molecule has 0 aromatic carbocycles. The zero-order chi connectivity index (χ0) is 8.69. The molecule has 0 unspecified atom stereocenters. The third-order valence-electron chi connectivity index (χ3n) is 1.63. The molecule has 1 N–H and O–H groups in total. The summed E-state index contributed by atoms with van der Waals surface area (Å²) < 4.78 is 5.00. The van der Waals surface area contributed by atoms with E-state index < -0.39 is 0 Å². The Balaban J connectivity index is 3.10. The van der Waals surface area contributed by atoms with Gasteiger partial charge in [0, 0.05) is 13.2 Å². The molecule has 0 radical (unpaired) electrons. The Morgan fingerprint density at radius 2 is 1.91 bits per heavy atom. The molecule has 68 valence electrons. The molecule has 0 fully saturated rings. The van der Waals surface area contributed by atoms with Gasteiger partial charge in [-0.05, 0) is 25.8 Å². The first kappa shape index (κ1) is 10.9. The van der Waals surface area contributed by atoms with E-state index in [2.05, 4.69) is 26.1 Å². The summed E-state index contributed by atoms with van der Waals surface area (Å²) in [5, 5.41) is 3.39. The lowest BCUT2D eigenvalue weighted by Gasteiger charge is -2.13.